The lowest BCUT2D eigenvalue weighted by Crippen LogP contribution is -2.02. The zero-order valence-corrected chi connectivity index (χ0v) is 16.5. The summed E-state index contributed by atoms with van der Waals surface area (Å²) in [5.41, 5.74) is 0.405. The lowest BCUT2D eigenvalue weighted by atomic mass is 10.0. The summed E-state index contributed by atoms with van der Waals surface area (Å²) in [6, 6.07) is 11.7. The van der Waals surface area contributed by atoms with Gasteiger partial charge in [0, 0.05) is 5.56 Å². The fraction of sp³-hybridized carbons (Fsp3) is 0.429. The lowest BCUT2D eigenvalue weighted by Gasteiger charge is -2.15. The zero-order valence-electron chi connectivity index (χ0n) is 15.7. The molecule has 0 amide bonds. The molecule has 0 fully saturated rings. The Bertz CT molecular complexity index is 816. The molecule has 0 spiro atoms. The summed E-state index contributed by atoms with van der Waals surface area (Å²) >= 11 is 0. The molecular formula is C21H28O5S. The van der Waals surface area contributed by atoms with Gasteiger partial charge in [-0.3, -0.25) is 4.55 Å². The third kappa shape index (κ3) is 6.56. The number of rotatable bonds is 11. The normalized spacial score (nSPS) is 11.5. The number of phenolic OH excluding ortho intramolecular Hbond substituents is 1. The van der Waals surface area contributed by atoms with Crippen LogP contribution in [0, 0.1) is 0 Å². The van der Waals surface area contributed by atoms with E-state index >= 15 is 0 Å². The van der Waals surface area contributed by atoms with Crippen molar-refractivity contribution in [1.29, 1.82) is 0 Å². The molecule has 2 aromatic rings. The maximum atomic E-state index is 11.5. The first-order valence-corrected chi connectivity index (χ1v) is 10.9. The van der Waals surface area contributed by atoms with E-state index in [0.717, 1.165) is 25.3 Å². The largest absolute Gasteiger partial charge is 0.506 e. The molecule has 2 N–H and O–H groups in total. The van der Waals surface area contributed by atoms with E-state index < -0.39 is 20.8 Å². The van der Waals surface area contributed by atoms with Crippen molar-refractivity contribution in [3.05, 3.63) is 48.0 Å². The van der Waals surface area contributed by atoms with Crippen molar-refractivity contribution in [2.24, 2.45) is 0 Å². The van der Waals surface area contributed by atoms with Gasteiger partial charge in [0.05, 0.1) is 0 Å². The van der Waals surface area contributed by atoms with Crippen LogP contribution in [-0.4, -0.2) is 18.1 Å². The molecule has 0 aliphatic heterocycles. The Morgan fingerprint density at radius 3 is 2.15 bits per heavy atom. The summed E-state index contributed by atoms with van der Waals surface area (Å²) in [7, 11) is -4.50. The molecule has 6 heteroatoms. The molecular weight excluding hydrogens is 364 g/mol. The summed E-state index contributed by atoms with van der Waals surface area (Å²) in [5, 5.41) is 10.4. The van der Waals surface area contributed by atoms with E-state index in [2.05, 4.69) is 6.92 Å². The highest BCUT2D eigenvalue weighted by molar-refractivity contribution is 7.86. The van der Waals surface area contributed by atoms with Crippen molar-refractivity contribution in [2.75, 3.05) is 0 Å². The van der Waals surface area contributed by atoms with Gasteiger partial charge in [-0.05, 0) is 37.1 Å². The summed E-state index contributed by atoms with van der Waals surface area (Å²) in [4.78, 5) is -0.485. The number of unbranched alkanes of at least 4 members (excludes halogenated alkanes) is 6. The van der Waals surface area contributed by atoms with E-state index in [1.807, 2.05) is 18.2 Å². The smallest absolute Gasteiger partial charge is 0.298 e. The highest BCUT2D eigenvalue weighted by Gasteiger charge is 2.21. The van der Waals surface area contributed by atoms with Crippen LogP contribution in [0.1, 0.15) is 57.4 Å². The van der Waals surface area contributed by atoms with Crippen LogP contribution in [0.4, 0.5) is 0 Å². The minimum Gasteiger partial charge on any atom is -0.506 e. The Hall–Kier alpha value is -2.05. The van der Waals surface area contributed by atoms with Gasteiger partial charge in [0.2, 0.25) is 0 Å². The summed E-state index contributed by atoms with van der Waals surface area (Å²) in [6.45, 7) is 2.18. The van der Waals surface area contributed by atoms with Gasteiger partial charge in [0.25, 0.3) is 10.1 Å². The first-order chi connectivity index (χ1) is 12.9. The average Bonchev–Trinajstić information content (AvgIpc) is 2.63. The SMILES string of the molecule is CCCCCCCCCc1c(Oc2ccccc2)ccc(S(=O)(=O)O)c1O. The minimum absolute atomic E-state index is 0.400. The van der Waals surface area contributed by atoms with E-state index in [1.165, 1.54) is 31.7 Å². The minimum atomic E-state index is -4.50. The molecule has 5 nitrogen and oxygen atoms in total. The topological polar surface area (TPSA) is 83.8 Å². The molecule has 0 saturated carbocycles. The van der Waals surface area contributed by atoms with E-state index in [9.17, 15) is 18.1 Å². The molecule has 0 saturated heterocycles. The Balaban J connectivity index is 2.14. The first kappa shape index (κ1) is 21.3. The number of hydrogen-bond acceptors (Lipinski definition) is 4. The average molecular weight is 393 g/mol. The van der Waals surface area contributed by atoms with Crippen LogP contribution < -0.4 is 4.74 Å². The summed E-state index contributed by atoms with van der Waals surface area (Å²) in [6.07, 6.45) is 8.23. The molecule has 0 radical (unpaired) electrons. The molecule has 2 aromatic carbocycles. The predicted molar refractivity (Wildman–Crippen MR) is 106 cm³/mol. The zero-order chi connectivity index (χ0) is 19.7. The van der Waals surface area contributed by atoms with Gasteiger partial charge in [0.15, 0.2) is 0 Å². The number of phenols is 1. The molecule has 2 rings (SSSR count). The number of para-hydroxylation sites is 1. The van der Waals surface area contributed by atoms with E-state index in [1.54, 1.807) is 12.1 Å². The monoisotopic (exact) mass is 392 g/mol. The first-order valence-electron chi connectivity index (χ1n) is 9.48. The van der Waals surface area contributed by atoms with Crippen LogP contribution in [0.5, 0.6) is 17.2 Å². The second-order valence-electron chi connectivity index (χ2n) is 6.65. The molecule has 0 unspecified atom stereocenters. The molecule has 0 aliphatic rings. The highest BCUT2D eigenvalue weighted by atomic mass is 32.2. The summed E-state index contributed by atoms with van der Waals surface area (Å²) < 4.78 is 38.2. The van der Waals surface area contributed by atoms with Gasteiger partial charge < -0.3 is 9.84 Å². The quantitative estimate of drug-likeness (QED) is 0.377. The second-order valence-corrected chi connectivity index (χ2v) is 8.04. The molecule has 148 valence electrons. The molecule has 0 aliphatic carbocycles. The van der Waals surface area contributed by atoms with Crippen molar-refractivity contribution in [3.63, 3.8) is 0 Å². The van der Waals surface area contributed by atoms with Crippen molar-refractivity contribution < 1.29 is 22.8 Å². The highest BCUT2D eigenvalue weighted by Crippen LogP contribution is 2.37. The molecule has 27 heavy (non-hydrogen) atoms. The van der Waals surface area contributed by atoms with Crippen LogP contribution in [0.15, 0.2) is 47.4 Å². The standard InChI is InChI=1S/C21H28O5S/c1-2-3-4-5-6-7-11-14-18-19(26-17-12-9-8-10-13-17)15-16-20(21(18)22)27(23,24)25/h8-10,12-13,15-16,22H,2-7,11,14H2,1H3,(H,23,24,25). The maximum absolute atomic E-state index is 11.5. The van der Waals surface area contributed by atoms with Crippen molar-refractivity contribution in [3.8, 4) is 17.2 Å². The Morgan fingerprint density at radius 2 is 1.52 bits per heavy atom. The third-order valence-electron chi connectivity index (χ3n) is 4.48. The van der Waals surface area contributed by atoms with Crippen LogP contribution in [0.2, 0.25) is 0 Å². The van der Waals surface area contributed by atoms with Gasteiger partial charge in [-0.2, -0.15) is 8.42 Å². The van der Waals surface area contributed by atoms with Gasteiger partial charge >= 0.3 is 0 Å². The molecule has 0 heterocycles. The lowest BCUT2D eigenvalue weighted by molar-refractivity contribution is 0.422. The second kappa shape index (κ2) is 10.3. The number of aromatic hydroxyl groups is 1. The van der Waals surface area contributed by atoms with Gasteiger partial charge in [-0.1, -0.05) is 63.6 Å². The van der Waals surface area contributed by atoms with E-state index in [-0.39, 0.29) is 0 Å². The Morgan fingerprint density at radius 1 is 0.889 bits per heavy atom. The van der Waals surface area contributed by atoms with Gasteiger partial charge in [-0.15, -0.1) is 0 Å². The van der Waals surface area contributed by atoms with Gasteiger partial charge in [0.1, 0.15) is 22.1 Å². The van der Waals surface area contributed by atoms with Crippen LogP contribution in [0.25, 0.3) is 0 Å². The van der Waals surface area contributed by atoms with E-state index in [4.69, 9.17) is 4.74 Å². The Labute approximate surface area is 161 Å². The maximum Gasteiger partial charge on any atom is 0.298 e. The van der Waals surface area contributed by atoms with Crippen LogP contribution in [-0.2, 0) is 16.5 Å². The molecule has 0 bridgehead atoms. The van der Waals surface area contributed by atoms with Crippen LogP contribution >= 0.6 is 0 Å². The van der Waals surface area contributed by atoms with E-state index in [0.29, 0.717) is 23.5 Å². The fourth-order valence-electron chi connectivity index (χ4n) is 3.02. The Kier molecular flexibility index (Phi) is 8.13. The van der Waals surface area contributed by atoms with Crippen molar-refractivity contribution in [2.45, 2.75) is 63.2 Å². The van der Waals surface area contributed by atoms with Gasteiger partial charge in [-0.25, -0.2) is 0 Å². The molecule has 0 aromatic heterocycles. The number of hydrogen-bond donors (Lipinski definition) is 2. The van der Waals surface area contributed by atoms with Crippen molar-refractivity contribution >= 4 is 10.1 Å². The number of ether oxygens (including phenoxy) is 1. The van der Waals surface area contributed by atoms with Crippen LogP contribution in [0.3, 0.4) is 0 Å². The molecule has 0 atom stereocenters. The number of benzene rings is 2. The summed E-state index contributed by atoms with van der Waals surface area (Å²) in [5.74, 6) is 0.561. The predicted octanol–water partition coefficient (Wildman–Crippen LogP) is 5.72. The fourth-order valence-corrected chi connectivity index (χ4v) is 3.62. The van der Waals surface area contributed by atoms with Crippen molar-refractivity contribution in [1.82, 2.24) is 0 Å². The third-order valence-corrected chi connectivity index (χ3v) is 5.37.